The van der Waals surface area contributed by atoms with Crippen LogP contribution in [0.3, 0.4) is 0 Å². The zero-order valence-corrected chi connectivity index (χ0v) is 20.2. The summed E-state index contributed by atoms with van der Waals surface area (Å²) in [4.78, 5) is 9.99. The van der Waals surface area contributed by atoms with Crippen molar-refractivity contribution in [1.29, 1.82) is 0 Å². The molecule has 3 atom stereocenters. The quantitative estimate of drug-likeness (QED) is 0.418. The molecule has 0 radical (unpaired) electrons. The second-order valence-corrected chi connectivity index (χ2v) is 9.33. The summed E-state index contributed by atoms with van der Waals surface area (Å²) in [6.45, 7) is 1.60. The van der Waals surface area contributed by atoms with Gasteiger partial charge in [-0.3, -0.25) is 0 Å². The molecule has 3 unspecified atom stereocenters. The molecule has 2 aliphatic heterocycles. The van der Waals surface area contributed by atoms with E-state index in [0.29, 0.717) is 36.1 Å². The van der Waals surface area contributed by atoms with Gasteiger partial charge in [-0.2, -0.15) is 4.52 Å². The number of rotatable bonds is 7. The monoisotopic (exact) mass is 474 g/mol. The van der Waals surface area contributed by atoms with Gasteiger partial charge >= 0.3 is 0 Å². The fraction of sp³-hybridized carbons (Fsp3) is 0.423. The van der Waals surface area contributed by atoms with E-state index in [1.807, 2.05) is 40.9 Å². The highest BCUT2D eigenvalue weighted by Crippen LogP contribution is 2.39. The second-order valence-electron chi connectivity index (χ2n) is 9.33. The van der Waals surface area contributed by atoms with E-state index in [4.69, 9.17) is 29.3 Å². The highest BCUT2D eigenvalue weighted by molar-refractivity contribution is 5.96. The van der Waals surface area contributed by atoms with Crippen molar-refractivity contribution in [1.82, 2.24) is 24.9 Å². The summed E-state index contributed by atoms with van der Waals surface area (Å²) in [5.74, 6) is 4.71. The van der Waals surface area contributed by atoms with E-state index < -0.39 is 0 Å². The van der Waals surface area contributed by atoms with E-state index in [9.17, 15) is 0 Å². The van der Waals surface area contributed by atoms with Crippen molar-refractivity contribution in [2.45, 2.75) is 37.8 Å². The molecule has 7 rings (SSSR count). The van der Waals surface area contributed by atoms with Gasteiger partial charge in [-0.25, -0.2) is 9.97 Å². The maximum Gasteiger partial charge on any atom is 0.226 e. The van der Waals surface area contributed by atoms with Crippen LogP contribution in [0.15, 0.2) is 36.4 Å². The summed E-state index contributed by atoms with van der Waals surface area (Å²) in [5, 5.41) is 13.1. The van der Waals surface area contributed by atoms with Crippen molar-refractivity contribution in [3.63, 3.8) is 0 Å². The molecule has 9 heteroatoms. The Morgan fingerprint density at radius 3 is 2.63 bits per heavy atom. The third kappa shape index (κ3) is 3.80. The Hall–Kier alpha value is -3.59. The van der Waals surface area contributed by atoms with Gasteiger partial charge in [0.1, 0.15) is 22.8 Å². The van der Waals surface area contributed by atoms with Gasteiger partial charge in [-0.05, 0) is 56.0 Å². The van der Waals surface area contributed by atoms with Crippen LogP contribution in [0.25, 0.3) is 16.6 Å². The first-order valence-electron chi connectivity index (χ1n) is 12.1. The average Bonchev–Trinajstić information content (AvgIpc) is 3.38. The van der Waals surface area contributed by atoms with Gasteiger partial charge in [-0.1, -0.05) is 6.07 Å². The largest absolute Gasteiger partial charge is 0.497 e. The molecule has 4 heterocycles. The molecule has 2 saturated heterocycles. The molecule has 2 aromatic carbocycles. The molecule has 3 aliphatic rings. The number of hydrogen-bond acceptors (Lipinski definition) is 8. The molecule has 2 aromatic heterocycles. The number of anilines is 1. The first-order chi connectivity index (χ1) is 17.2. The first kappa shape index (κ1) is 21.9. The zero-order chi connectivity index (χ0) is 23.9. The summed E-state index contributed by atoms with van der Waals surface area (Å²) >= 11 is 0. The Labute approximate surface area is 203 Å². The SMILES string of the molecule is COc1ccc(CNc2nc3c(OC)cccc3c3nc(C4CC5CCC4NC5)nn23)c(OC)c1. The fourth-order valence-electron chi connectivity index (χ4n) is 5.52. The standard InChI is InChI=1S/C26H30N6O3/c1-33-17-9-8-16(22(12-17)35-3)14-28-26-29-23-18(5-4-6-21(23)34-2)25-30-24(31-32(25)26)19-11-15-7-10-20(19)27-13-15/h4-6,8-9,12,15,19-20,27H,7,10-11,13-14H2,1-3H3,(H,28,29). The van der Waals surface area contributed by atoms with E-state index in [1.165, 1.54) is 12.8 Å². The van der Waals surface area contributed by atoms with Crippen LogP contribution in [-0.2, 0) is 6.54 Å². The van der Waals surface area contributed by atoms with Gasteiger partial charge in [0.25, 0.3) is 0 Å². The van der Waals surface area contributed by atoms with E-state index in [0.717, 1.165) is 52.4 Å². The number of hydrogen-bond donors (Lipinski definition) is 2. The number of aromatic nitrogens is 4. The number of nitrogens with one attached hydrogen (secondary N) is 2. The Morgan fingerprint density at radius 1 is 1.03 bits per heavy atom. The lowest BCUT2D eigenvalue weighted by atomic mass is 9.74. The highest BCUT2D eigenvalue weighted by Gasteiger charge is 2.38. The van der Waals surface area contributed by atoms with E-state index in [-0.39, 0.29) is 0 Å². The lowest BCUT2D eigenvalue weighted by Gasteiger charge is -2.41. The molecule has 2 bridgehead atoms. The van der Waals surface area contributed by atoms with Crippen molar-refractivity contribution in [2.24, 2.45) is 5.92 Å². The molecule has 2 N–H and O–H groups in total. The molecule has 1 saturated carbocycles. The van der Waals surface area contributed by atoms with Crippen LogP contribution in [0.4, 0.5) is 5.95 Å². The molecule has 4 aromatic rings. The number of ether oxygens (including phenoxy) is 3. The number of methoxy groups -OCH3 is 3. The zero-order valence-electron chi connectivity index (χ0n) is 20.2. The van der Waals surface area contributed by atoms with Crippen LogP contribution in [-0.4, -0.2) is 53.5 Å². The summed E-state index contributed by atoms with van der Waals surface area (Å²) < 4.78 is 18.4. The van der Waals surface area contributed by atoms with Gasteiger partial charge in [0, 0.05) is 35.5 Å². The minimum absolute atomic E-state index is 0.317. The second kappa shape index (κ2) is 8.88. The van der Waals surface area contributed by atoms with Gasteiger partial charge in [0.2, 0.25) is 5.95 Å². The highest BCUT2D eigenvalue weighted by atomic mass is 16.5. The van der Waals surface area contributed by atoms with Gasteiger partial charge in [-0.15, -0.1) is 5.10 Å². The smallest absolute Gasteiger partial charge is 0.226 e. The predicted molar refractivity (Wildman–Crippen MR) is 134 cm³/mol. The van der Waals surface area contributed by atoms with E-state index in [2.05, 4.69) is 10.6 Å². The fourth-order valence-corrected chi connectivity index (χ4v) is 5.52. The Balaban J connectivity index is 1.43. The average molecular weight is 475 g/mol. The van der Waals surface area contributed by atoms with Crippen LogP contribution < -0.4 is 24.8 Å². The predicted octanol–water partition coefficient (Wildman–Crippen LogP) is 3.77. The van der Waals surface area contributed by atoms with Crippen molar-refractivity contribution in [3.8, 4) is 17.2 Å². The molecule has 0 amide bonds. The molecular weight excluding hydrogens is 444 g/mol. The number of benzene rings is 2. The van der Waals surface area contributed by atoms with Crippen molar-refractivity contribution in [2.75, 3.05) is 33.2 Å². The molecule has 3 fully saturated rings. The molecule has 35 heavy (non-hydrogen) atoms. The third-order valence-electron chi connectivity index (χ3n) is 7.39. The van der Waals surface area contributed by atoms with Gasteiger partial charge in [0.15, 0.2) is 11.5 Å². The Kier molecular flexibility index (Phi) is 5.56. The molecule has 0 spiro atoms. The summed E-state index contributed by atoms with van der Waals surface area (Å²) in [5.41, 5.74) is 2.53. The lowest BCUT2D eigenvalue weighted by molar-refractivity contribution is 0.178. The van der Waals surface area contributed by atoms with Crippen molar-refractivity contribution >= 4 is 22.5 Å². The normalized spacial score (nSPS) is 21.4. The molecule has 182 valence electrons. The minimum Gasteiger partial charge on any atom is -0.497 e. The van der Waals surface area contributed by atoms with Crippen LogP contribution >= 0.6 is 0 Å². The Morgan fingerprint density at radius 2 is 1.91 bits per heavy atom. The van der Waals surface area contributed by atoms with Crippen LogP contribution in [0.2, 0.25) is 0 Å². The van der Waals surface area contributed by atoms with Crippen LogP contribution in [0, 0.1) is 5.92 Å². The van der Waals surface area contributed by atoms with E-state index >= 15 is 0 Å². The van der Waals surface area contributed by atoms with Crippen molar-refractivity contribution in [3.05, 3.63) is 47.8 Å². The molecule has 1 aliphatic carbocycles. The Bertz CT molecular complexity index is 1380. The maximum atomic E-state index is 5.63. The summed E-state index contributed by atoms with van der Waals surface area (Å²) in [7, 11) is 4.96. The van der Waals surface area contributed by atoms with Gasteiger partial charge in [0.05, 0.1) is 21.3 Å². The molecular formula is C26H30N6O3. The number of para-hydroxylation sites is 1. The topological polar surface area (TPSA) is 94.8 Å². The van der Waals surface area contributed by atoms with Crippen LogP contribution in [0.1, 0.15) is 36.6 Å². The van der Waals surface area contributed by atoms with Crippen LogP contribution in [0.5, 0.6) is 17.2 Å². The van der Waals surface area contributed by atoms with E-state index in [1.54, 1.807) is 21.3 Å². The minimum atomic E-state index is 0.317. The lowest BCUT2D eigenvalue weighted by Crippen LogP contribution is -2.49. The summed E-state index contributed by atoms with van der Waals surface area (Å²) in [6, 6.07) is 12.1. The maximum absolute atomic E-state index is 5.63. The van der Waals surface area contributed by atoms with Crippen molar-refractivity contribution < 1.29 is 14.2 Å². The number of fused-ring (bicyclic) bond motifs is 6. The third-order valence-corrected chi connectivity index (χ3v) is 7.39. The summed E-state index contributed by atoms with van der Waals surface area (Å²) in [6.07, 6.45) is 3.61. The first-order valence-corrected chi connectivity index (χ1v) is 12.1. The number of piperidine rings is 2. The number of nitrogens with zero attached hydrogens (tertiary/aromatic N) is 4. The van der Waals surface area contributed by atoms with Gasteiger partial charge < -0.3 is 24.8 Å². The molecule has 9 nitrogen and oxygen atoms in total.